The number of amides is 4. The molecule has 0 aromatic heterocycles. The average Bonchev–Trinajstić information content (AvgIpc) is 3.09. The Morgan fingerprint density at radius 2 is 1.39 bits per heavy atom. The lowest BCUT2D eigenvalue weighted by Gasteiger charge is -2.36. The number of benzene rings is 2. The van der Waals surface area contributed by atoms with Gasteiger partial charge in [-0.25, -0.2) is 0 Å². The highest BCUT2D eigenvalue weighted by Gasteiger charge is 2.34. The van der Waals surface area contributed by atoms with Crippen molar-refractivity contribution in [1.29, 1.82) is 0 Å². The first-order valence-corrected chi connectivity index (χ1v) is 11.3. The SMILES string of the molecule is O=C(CCCN1C(=O)c2ccccc2C1=O)NCCC(=O)N1CCN(c2ccccc2)CC1. The van der Waals surface area contributed by atoms with Gasteiger partial charge in [-0.3, -0.25) is 24.1 Å². The number of hydrogen-bond acceptors (Lipinski definition) is 5. The lowest BCUT2D eigenvalue weighted by atomic mass is 10.1. The maximum absolute atomic E-state index is 12.5. The normalized spacial score (nSPS) is 15.6. The van der Waals surface area contributed by atoms with Crippen LogP contribution >= 0.6 is 0 Å². The Hall–Kier alpha value is -3.68. The highest BCUT2D eigenvalue weighted by Crippen LogP contribution is 2.22. The van der Waals surface area contributed by atoms with E-state index in [2.05, 4.69) is 22.3 Å². The molecule has 0 saturated carbocycles. The van der Waals surface area contributed by atoms with Crippen LogP contribution in [0.2, 0.25) is 0 Å². The smallest absolute Gasteiger partial charge is 0.261 e. The summed E-state index contributed by atoms with van der Waals surface area (Å²) in [6.45, 7) is 3.40. The van der Waals surface area contributed by atoms with Crippen molar-refractivity contribution in [1.82, 2.24) is 15.1 Å². The minimum Gasteiger partial charge on any atom is -0.368 e. The molecule has 1 N–H and O–H groups in total. The zero-order valence-electron chi connectivity index (χ0n) is 18.5. The number of rotatable bonds is 8. The molecule has 0 radical (unpaired) electrons. The van der Waals surface area contributed by atoms with Gasteiger partial charge in [0.2, 0.25) is 11.8 Å². The summed E-state index contributed by atoms with van der Waals surface area (Å²) in [4.78, 5) is 54.6. The minimum atomic E-state index is -0.311. The monoisotopic (exact) mass is 448 g/mol. The number of nitrogens with one attached hydrogen (secondary N) is 1. The van der Waals surface area contributed by atoms with Crippen LogP contribution in [0, 0.1) is 0 Å². The van der Waals surface area contributed by atoms with E-state index in [4.69, 9.17) is 0 Å². The Bertz CT molecular complexity index is 997. The fourth-order valence-corrected chi connectivity index (χ4v) is 4.25. The lowest BCUT2D eigenvalue weighted by Crippen LogP contribution is -2.49. The maximum Gasteiger partial charge on any atom is 0.261 e. The third-order valence-corrected chi connectivity index (χ3v) is 6.08. The molecule has 0 unspecified atom stereocenters. The van der Waals surface area contributed by atoms with Crippen molar-refractivity contribution in [2.45, 2.75) is 19.3 Å². The van der Waals surface area contributed by atoms with E-state index in [1.54, 1.807) is 24.3 Å². The van der Waals surface area contributed by atoms with E-state index in [9.17, 15) is 19.2 Å². The van der Waals surface area contributed by atoms with E-state index < -0.39 is 0 Å². The quantitative estimate of drug-likeness (QED) is 0.623. The zero-order chi connectivity index (χ0) is 23.2. The molecule has 4 rings (SSSR count). The van der Waals surface area contributed by atoms with Crippen molar-refractivity contribution in [3.05, 3.63) is 65.7 Å². The first-order valence-electron chi connectivity index (χ1n) is 11.3. The number of fused-ring (bicyclic) bond motifs is 1. The number of para-hydroxylation sites is 1. The molecular weight excluding hydrogens is 420 g/mol. The van der Waals surface area contributed by atoms with Gasteiger partial charge in [0, 0.05) is 57.8 Å². The predicted molar refractivity (Wildman–Crippen MR) is 124 cm³/mol. The number of piperazine rings is 1. The standard InChI is InChI=1S/C25H28N4O4/c30-22(11-6-14-29-24(32)20-9-4-5-10-21(20)25(29)33)26-13-12-23(31)28-17-15-27(16-18-28)19-7-2-1-3-8-19/h1-5,7-10H,6,11-18H2,(H,26,30). The zero-order valence-corrected chi connectivity index (χ0v) is 18.5. The number of carbonyl (C=O) groups is 4. The van der Waals surface area contributed by atoms with Gasteiger partial charge in [-0.15, -0.1) is 0 Å². The summed E-state index contributed by atoms with van der Waals surface area (Å²) in [5.41, 5.74) is 1.99. The molecule has 0 spiro atoms. The van der Waals surface area contributed by atoms with Crippen LogP contribution in [-0.2, 0) is 9.59 Å². The number of anilines is 1. The molecule has 4 amide bonds. The first kappa shape index (κ1) is 22.5. The minimum absolute atomic E-state index is 0.0361. The average molecular weight is 449 g/mol. The van der Waals surface area contributed by atoms with Gasteiger partial charge in [0.25, 0.3) is 11.8 Å². The molecule has 0 bridgehead atoms. The van der Waals surface area contributed by atoms with E-state index in [1.165, 1.54) is 4.90 Å². The number of imide groups is 1. The molecular formula is C25H28N4O4. The number of hydrogen-bond donors (Lipinski definition) is 1. The predicted octanol–water partition coefficient (Wildman–Crippen LogP) is 1.92. The van der Waals surface area contributed by atoms with E-state index in [-0.39, 0.29) is 49.6 Å². The second-order valence-electron chi connectivity index (χ2n) is 8.21. The van der Waals surface area contributed by atoms with Gasteiger partial charge in [-0.2, -0.15) is 0 Å². The first-order chi connectivity index (χ1) is 16.0. The molecule has 172 valence electrons. The molecule has 2 aromatic rings. The Labute approximate surface area is 193 Å². The Morgan fingerprint density at radius 1 is 0.788 bits per heavy atom. The molecule has 1 fully saturated rings. The van der Waals surface area contributed by atoms with Crippen LogP contribution in [0.25, 0.3) is 0 Å². The summed E-state index contributed by atoms with van der Waals surface area (Å²) in [5, 5.41) is 2.77. The molecule has 33 heavy (non-hydrogen) atoms. The second-order valence-corrected chi connectivity index (χ2v) is 8.21. The van der Waals surface area contributed by atoms with Crippen molar-refractivity contribution >= 4 is 29.3 Å². The summed E-state index contributed by atoms with van der Waals surface area (Å²) in [5.74, 6) is -0.773. The van der Waals surface area contributed by atoms with Crippen molar-refractivity contribution in [2.75, 3.05) is 44.2 Å². The Balaban J connectivity index is 1.12. The summed E-state index contributed by atoms with van der Waals surface area (Å²) in [7, 11) is 0. The summed E-state index contributed by atoms with van der Waals surface area (Å²) < 4.78 is 0. The highest BCUT2D eigenvalue weighted by molar-refractivity contribution is 6.21. The summed E-state index contributed by atoms with van der Waals surface area (Å²) in [6.07, 6.45) is 0.833. The Morgan fingerprint density at radius 3 is 2.03 bits per heavy atom. The lowest BCUT2D eigenvalue weighted by molar-refractivity contribution is -0.131. The fourth-order valence-electron chi connectivity index (χ4n) is 4.25. The highest BCUT2D eigenvalue weighted by atomic mass is 16.2. The van der Waals surface area contributed by atoms with Gasteiger partial charge < -0.3 is 15.1 Å². The van der Waals surface area contributed by atoms with Crippen LogP contribution in [0.4, 0.5) is 5.69 Å². The number of carbonyl (C=O) groups excluding carboxylic acids is 4. The van der Waals surface area contributed by atoms with Crippen LogP contribution in [-0.4, -0.2) is 72.7 Å². The van der Waals surface area contributed by atoms with Gasteiger partial charge in [0.1, 0.15) is 0 Å². The van der Waals surface area contributed by atoms with Crippen LogP contribution in [0.1, 0.15) is 40.0 Å². The molecule has 2 aromatic carbocycles. The molecule has 8 nitrogen and oxygen atoms in total. The van der Waals surface area contributed by atoms with Crippen LogP contribution in [0.3, 0.4) is 0 Å². The Kier molecular flexibility index (Phi) is 7.02. The van der Waals surface area contributed by atoms with Gasteiger partial charge in [0.05, 0.1) is 11.1 Å². The number of nitrogens with zero attached hydrogens (tertiary/aromatic N) is 3. The topological polar surface area (TPSA) is 90.0 Å². The summed E-state index contributed by atoms with van der Waals surface area (Å²) in [6, 6.07) is 16.9. The van der Waals surface area contributed by atoms with Gasteiger partial charge >= 0.3 is 0 Å². The van der Waals surface area contributed by atoms with Crippen LogP contribution in [0.5, 0.6) is 0 Å². The van der Waals surface area contributed by atoms with Crippen molar-refractivity contribution in [3.63, 3.8) is 0 Å². The molecule has 2 heterocycles. The molecule has 0 atom stereocenters. The maximum atomic E-state index is 12.5. The molecule has 0 aliphatic carbocycles. The second kappa shape index (κ2) is 10.3. The van der Waals surface area contributed by atoms with Gasteiger partial charge in [-0.1, -0.05) is 30.3 Å². The van der Waals surface area contributed by atoms with Crippen LogP contribution in [0.15, 0.2) is 54.6 Å². The third-order valence-electron chi connectivity index (χ3n) is 6.08. The molecule has 2 aliphatic rings. The molecule has 1 saturated heterocycles. The molecule has 2 aliphatic heterocycles. The van der Waals surface area contributed by atoms with E-state index >= 15 is 0 Å². The van der Waals surface area contributed by atoms with Crippen molar-refractivity contribution in [3.8, 4) is 0 Å². The van der Waals surface area contributed by atoms with E-state index in [0.717, 1.165) is 18.8 Å². The van der Waals surface area contributed by atoms with E-state index in [0.29, 0.717) is 30.6 Å². The summed E-state index contributed by atoms with van der Waals surface area (Å²) >= 11 is 0. The van der Waals surface area contributed by atoms with Gasteiger partial charge in [-0.05, 0) is 30.7 Å². The molecule has 8 heteroatoms. The van der Waals surface area contributed by atoms with Gasteiger partial charge in [0.15, 0.2) is 0 Å². The largest absolute Gasteiger partial charge is 0.368 e. The van der Waals surface area contributed by atoms with Crippen molar-refractivity contribution < 1.29 is 19.2 Å². The van der Waals surface area contributed by atoms with Crippen LogP contribution < -0.4 is 10.2 Å². The van der Waals surface area contributed by atoms with Crippen molar-refractivity contribution in [2.24, 2.45) is 0 Å². The van der Waals surface area contributed by atoms with E-state index in [1.807, 2.05) is 23.1 Å². The fraction of sp³-hybridized carbons (Fsp3) is 0.360. The third kappa shape index (κ3) is 5.22.